The number of fused-ring (bicyclic) bond motifs is 1. The molecule has 0 saturated heterocycles. The third kappa shape index (κ3) is 3.47. The molecular weight excluding hydrogens is 374 g/mol. The van der Waals surface area contributed by atoms with E-state index in [4.69, 9.17) is 4.98 Å². The normalized spacial score (nSPS) is 11.6. The van der Waals surface area contributed by atoms with E-state index in [0.717, 1.165) is 26.7 Å². The monoisotopic (exact) mass is 395 g/mol. The molecular formula is C21H21N3OS2. The second kappa shape index (κ2) is 7.02. The lowest BCUT2D eigenvalue weighted by atomic mass is 10.0. The van der Waals surface area contributed by atoms with Crippen LogP contribution in [0.5, 0.6) is 0 Å². The molecule has 0 fully saturated rings. The van der Waals surface area contributed by atoms with E-state index in [0.29, 0.717) is 23.5 Å². The zero-order valence-corrected chi connectivity index (χ0v) is 17.4. The fraction of sp³-hybridized carbons (Fsp3) is 0.286. The number of hydrogen-bond donors (Lipinski definition) is 1. The van der Waals surface area contributed by atoms with Gasteiger partial charge < -0.3 is 4.98 Å². The highest BCUT2D eigenvalue weighted by Crippen LogP contribution is 2.32. The first-order chi connectivity index (χ1) is 12.9. The van der Waals surface area contributed by atoms with Crippen molar-refractivity contribution in [2.24, 2.45) is 0 Å². The number of rotatable bonds is 4. The molecule has 138 valence electrons. The number of nitrogens with zero attached hydrogens (tertiary/aromatic N) is 2. The van der Waals surface area contributed by atoms with E-state index < -0.39 is 0 Å². The maximum Gasteiger partial charge on any atom is 0.260 e. The summed E-state index contributed by atoms with van der Waals surface area (Å²) in [5.41, 5.74) is 5.36. The van der Waals surface area contributed by atoms with Gasteiger partial charge in [0.15, 0.2) is 0 Å². The van der Waals surface area contributed by atoms with Gasteiger partial charge in [0.2, 0.25) is 0 Å². The number of aryl methyl sites for hydroxylation is 2. The Labute approximate surface area is 166 Å². The Morgan fingerprint density at radius 1 is 1.07 bits per heavy atom. The summed E-state index contributed by atoms with van der Waals surface area (Å²) in [6.07, 6.45) is 0.547. The second-order valence-corrected chi connectivity index (χ2v) is 8.90. The summed E-state index contributed by atoms with van der Waals surface area (Å²) in [6.45, 7) is 8.45. The van der Waals surface area contributed by atoms with Crippen LogP contribution >= 0.6 is 22.7 Å². The van der Waals surface area contributed by atoms with E-state index in [1.807, 2.05) is 5.38 Å². The summed E-state index contributed by atoms with van der Waals surface area (Å²) in [5.74, 6) is 1.08. The predicted molar refractivity (Wildman–Crippen MR) is 114 cm³/mol. The van der Waals surface area contributed by atoms with Crippen LogP contribution in [-0.2, 0) is 6.42 Å². The van der Waals surface area contributed by atoms with Gasteiger partial charge in [-0.15, -0.1) is 22.7 Å². The van der Waals surface area contributed by atoms with Crippen molar-refractivity contribution in [1.29, 1.82) is 0 Å². The summed E-state index contributed by atoms with van der Waals surface area (Å²) < 4.78 is 0. The number of aromatic nitrogens is 3. The van der Waals surface area contributed by atoms with Gasteiger partial charge in [-0.1, -0.05) is 32.0 Å². The molecule has 4 aromatic rings. The minimum atomic E-state index is -0.0798. The topological polar surface area (TPSA) is 58.6 Å². The largest absolute Gasteiger partial charge is 0.310 e. The number of nitrogens with one attached hydrogen (secondary N) is 1. The third-order valence-electron chi connectivity index (χ3n) is 4.72. The molecule has 0 unspecified atom stereocenters. The molecule has 27 heavy (non-hydrogen) atoms. The summed E-state index contributed by atoms with van der Waals surface area (Å²) in [6, 6.07) is 6.30. The summed E-state index contributed by atoms with van der Waals surface area (Å²) in [4.78, 5) is 25.9. The van der Waals surface area contributed by atoms with Crippen LogP contribution in [0, 0.1) is 13.8 Å². The smallest absolute Gasteiger partial charge is 0.260 e. The van der Waals surface area contributed by atoms with Gasteiger partial charge in [0, 0.05) is 28.7 Å². The minimum Gasteiger partial charge on any atom is -0.310 e. The van der Waals surface area contributed by atoms with E-state index in [1.165, 1.54) is 22.5 Å². The number of benzene rings is 1. The lowest BCUT2D eigenvalue weighted by Gasteiger charge is -2.05. The van der Waals surface area contributed by atoms with Crippen LogP contribution in [-0.4, -0.2) is 15.0 Å². The Bertz CT molecular complexity index is 1180. The van der Waals surface area contributed by atoms with Gasteiger partial charge in [-0.3, -0.25) is 4.79 Å². The average Bonchev–Trinajstić information content (AvgIpc) is 3.25. The van der Waals surface area contributed by atoms with E-state index in [-0.39, 0.29) is 5.56 Å². The van der Waals surface area contributed by atoms with E-state index in [9.17, 15) is 4.79 Å². The molecule has 0 radical (unpaired) electrons. The van der Waals surface area contributed by atoms with E-state index in [1.54, 1.807) is 11.3 Å². The highest BCUT2D eigenvalue weighted by atomic mass is 32.1. The van der Waals surface area contributed by atoms with Gasteiger partial charge in [-0.25, -0.2) is 9.97 Å². The lowest BCUT2D eigenvalue weighted by Crippen LogP contribution is -2.12. The molecule has 0 amide bonds. The van der Waals surface area contributed by atoms with Crippen molar-refractivity contribution in [3.8, 4) is 11.1 Å². The first kappa shape index (κ1) is 18.1. The first-order valence-electron chi connectivity index (χ1n) is 8.94. The fourth-order valence-electron chi connectivity index (χ4n) is 3.04. The zero-order chi connectivity index (χ0) is 19.1. The van der Waals surface area contributed by atoms with E-state index in [2.05, 4.69) is 61.2 Å². The molecule has 3 aromatic heterocycles. The van der Waals surface area contributed by atoms with Crippen LogP contribution in [0.3, 0.4) is 0 Å². The molecule has 6 heteroatoms. The van der Waals surface area contributed by atoms with Crippen LogP contribution in [0.25, 0.3) is 21.3 Å². The van der Waals surface area contributed by atoms with Crippen molar-refractivity contribution >= 4 is 32.9 Å². The minimum absolute atomic E-state index is 0.0798. The Balaban J connectivity index is 1.72. The molecule has 0 atom stereocenters. The molecule has 4 rings (SSSR count). The molecule has 0 bridgehead atoms. The highest BCUT2D eigenvalue weighted by Gasteiger charge is 2.14. The van der Waals surface area contributed by atoms with E-state index >= 15 is 0 Å². The molecule has 4 nitrogen and oxygen atoms in total. The number of thiophene rings is 1. The summed E-state index contributed by atoms with van der Waals surface area (Å²) in [7, 11) is 0. The first-order valence-corrected chi connectivity index (χ1v) is 10.7. The van der Waals surface area contributed by atoms with Gasteiger partial charge in [0.25, 0.3) is 5.56 Å². The molecule has 0 aliphatic rings. The maximum absolute atomic E-state index is 12.8. The molecule has 1 aromatic carbocycles. The number of aromatic amines is 1. The van der Waals surface area contributed by atoms with Crippen molar-refractivity contribution in [2.75, 3.05) is 0 Å². The van der Waals surface area contributed by atoms with Gasteiger partial charge in [-0.05, 0) is 30.5 Å². The van der Waals surface area contributed by atoms with Crippen LogP contribution in [0.15, 0.2) is 33.8 Å². The van der Waals surface area contributed by atoms with Crippen molar-refractivity contribution in [2.45, 2.75) is 40.0 Å². The quantitative estimate of drug-likeness (QED) is 0.500. The Morgan fingerprint density at radius 2 is 1.89 bits per heavy atom. The SMILES string of the molecule is Cc1ccc(-c2csc3nc(Cc4csc(C(C)C)n4)[nH]c(=O)c23)cc1C. The molecule has 1 N–H and O–H groups in total. The molecule has 0 aliphatic carbocycles. The van der Waals surface area contributed by atoms with Crippen LogP contribution in [0.2, 0.25) is 0 Å². The second-order valence-electron chi connectivity index (χ2n) is 7.15. The van der Waals surface area contributed by atoms with Gasteiger partial charge in [0.1, 0.15) is 10.7 Å². The standard InChI is InChI=1S/C21H21N3OS2/c1-11(2)20-22-15(9-26-20)8-17-23-19(25)18-16(10-27-21(18)24-17)14-6-5-12(3)13(4)7-14/h5-7,9-11H,8H2,1-4H3,(H,23,24,25). The van der Waals surface area contributed by atoms with Crippen LogP contribution < -0.4 is 5.56 Å². The van der Waals surface area contributed by atoms with Gasteiger partial charge >= 0.3 is 0 Å². The fourth-order valence-corrected chi connectivity index (χ4v) is 4.84. The average molecular weight is 396 g/mol. The van der Waals surface area contributed by atoms with Crippen molar-refractivity contribution in [3.05, 3.63) is 67.0 Å². The Hall–Kier alpha value is -2.31. The number of H-pyrrole nitrogens is 1. The highest BCUT2D eigenvalue weighted by molar-refractivity contribution is 7.17. The predicted octanol–water partition coefficient (Wildman–Crippen LogP) is 5.44. The van der Waals surface area contributed by atoms with Crippen molar-refractivity contribution in [1.82, 2.24) is 15.0 Å². The van der Waals surface area contributed by atoms with Crippen LogP contribution in [0.4, 0.5) is 0 Å². The third-order valence-corrected chi connectivity index (χ3v) is 6.79. The molecule has 0 saturated carbocycles. The zero-order valence-electron chi connectivity index (χ0n) is 15.8. The molecule has 0 aliphatic heterocycles. The van der Waals surface area contributed by atoms with Crippen LogP contribution in [0.1, 0.15) is 47.4 Å². The van der Waals surface area contributed by atoms with Gasteiger partial charge in [0.05, 0.1) is 16.1 Å². The molecule has 0 spiro atoms. The summed E-state index contributed by atoms with van der Waals surface area (Å²) >= 11 is 3.18. The lowest BCUT2D eigenvalue weighted by molar-refractivity contribution is 0.836. The Morgan fingerprint density at radius 3 is 2.59 bits per heavy atom. The maximum atomic E-state index is 12.8. The summed E-state index contributed by atoms with van der Waals surface area (Å²) in [5, 5.41) is 5.87. The number of hydrogen-bond acceptors (Lipinski definition) is 5. The van der Waals surface area contributed by atoms with Crippen molar-refractivity contribution < 1.29 is 0 Å². The van der Waals surface area contributed by atoms with Crippen molar-refractivity contribution in [3.63, 3.8) is 0 Å². The van der Waals surface area contributed by atoms with Gasteiger partial charge in [-0.2, -0.15) is 0 Å². The molecule has 3 heterocycles. The Kier molecular flexibility index (Phi) is 4.70. The number of thiazole rings is 1.